The highest BCUT2D eigenvalue weighted by Crippen LogP contribution is 2.45. The molecule has 1 fully saturated rings. The van der Waals surface area contributed by atoms with Crippen LogP contribution in [0.5, 0.6) is 0 Å². The van der Waals surface area contributed by atoms with E-state index in [1.165, 1.54) is 0 Å². The van der Waals surface area contributed by atoms with Gasteiger partial charge in [0.15, 0.2) is 0 Å². The van der Waals surface area contributed by atoms with Crippen LogP contribution in [0.3, 0.4) is 0 Å². The summed E-state index contributed by atoms with van der Waals surface area (Å²) in [5.41, 5.74) is 0.762. The number of ether oxygens (including phenoxy) is 2. The van der Waals surface area contributed by atoms with Gasteiger partial charge in [0.2, 0.25) is 0 Å². The highest BCUT2D eigenvalue weighted by molar-refractivity contribution is 5.67. The molecule has 2 aliphatic rings. The van der Waals surface area contributed by atoms with Crippen LogP contribution < -0.4 is 5.32 Å². The van der Waals surface area contributed by atoms with E-state index in [9.17, 15) is 4.79 Å². The van der Waals surface area contributed by atoms with Crippen LogP contribution in [0, 0.1) is 0 Å². The number of carbonyl (C=O) groups is 1. The molecular formula is C18H21NO3. The molecule has 1 N–H and O–H groups in total. The molecule has 1 aliphatic carbocycles. The number of rotatable bonds is 6. The van der Waals surface area contributed by atoms with Crippen molar-refractivity contribution in [3.8, 4) is 0 Å². The highest BCUT2D eigenvalue weighted by Gasteiger charge is 2.54. The molecule has 0 bridgehead atoms. The molecule has 0 radical (unpaired) electrons. The fourth-order valence-corrected chi connectivity index (χ4v) is 2.77. The van der Waals surface area contributed by atoms with Crippen LogP contribution in [-0.2, 0) is 16.1 Å². The normalized spacial score (nSPS) is 26.1. The van der Waals surface area contributed by atoms with Crippen molar-refractivity contribution < 1.29 is 14.3 Å². The molecule has 0 saturated carbocycles. The Bertz CT molecular complexity index is 581. The van der Waals surface area contributed by atoms with Gasteiger partial charge < -0.3 is 14.8 Å². The molecule has 0 spiro atoms. The van der Waals surface area contributed by atoms with Crippen molar-refractivity contribution >= 4 is 6.09 Å². The summed E-state index contributed by atoms with van der Waals surface area (Å²) in [5, 5.41) is 2.94. The van der Waals surface area contributed by atoms with E-state index in [4.69, 9.17) is 9.47 Å². The predicted molar refractivity (Wildman–Crippen MR) is 84.3 cm³/mol. The van der Waals surface area contributed by atoms with Gasteiger partial charge in [0.25, 0.3) is 0 Å². The Kier molecular flexibility index (Phi) is 4.29. The number of alkyl carbamates (subject to hydrolysis) is 1. The summed E-state index contributed by atoms with van der Waals surface area (Å²) in [6.45, 7) is 2.34. The summed E-state index contributed by atoms with van der Waals surface area (Å²) in [4.78, 5) is 11.9. The lowest BCUT2D eigenvalue weighted by Crippen LogP contribution is -2.38. The fourth-order valence-electron chi connectivity index (χ4n) is 2.77. The monoisotopic (exact) mass is 299 g/mol. The number of hydrogen-bond donors (Lipinski definition) is 1. The third-order valence-electron chi connectivity index (χ3n) is 4.14. The van der Waals surface area contributed by atoms with Crippen molar-refractivity contribution in [1.29, 1.82) is 0 Å². The number of benzene rings is 1. The van der Waals surface area contributed by atoms with Gasteiger partial charge in [-0.15, -0.1) is 0 Å². The van der Waals surface area contributed by atoms with Crippen molar-refractivity contribution in [3.05, 3.63) is 60.2 Å². The summed E-state index contributed by atoms with van der Waals surface area (Å²) in [7, 11) is 0. The molecule has 4 heteroatoms. The van der Waals surface area contributed by atoms with Gasteiger partial charge in [-0.05, 0) is 18.1 Å². The first kappa shape index (κ1) is 14.9. The van der Waals surface area contributed by atoms with Gasteiger partial charge in [-0.2, -0.15) is 0 Å². The summed E-state index contributed by atoms with van der Waals surface area (Å²) < 4.78 is 11.0. The molecule has 3 atom stereocenters. The molecule has 3 rings (SSSR count). The van der Waals surface area contributed by atoms with Crippen LogP contribution in [0.15, 0.2) is 54.6 Å². The SMILES string of the molecule is CC[C@@H](C[C@]12C=CC=C[C@@H]1O2)NC(=O)OCc1ccccc1. The molecule has 1 aromatic rings. The van der Waals surface area contributed by atoms with Crippen molar-refractivity contribution in [2.24, 2.45) is 0 Å². The molecular weight excluding hydrogens is 278 g/mol. The van der Waals surface area contributed by atoms with Crippen molar-refractivity contribution in [2.75, 3.05) is 0 Å². The molecule has 0 unspecified atom stereocenters. The zero-order chi connectivity index (χ0) is 15.4. The van der Waals surface area contributed by atoms with Crippen LogP contribution >= 0.6 is 0 Å². The molecule has 116 valence electrons. The first-order valence-electron chi connectivity index (χ1n) is 7.73. The molecule has 1 aromatic carbocycles. The van der Waals surface area contributed by atoms with Crippen LogP contribution in [0.4, 0.5) is 4.79 Å². The number of fused-ring (bicyclic) bond motifs is 1. The molecule has 0 aromatic heterocycles. The highest BCUT2D eigenvalue weighted by atomic mass is 16.6. The van der Waals surface area contributed by atoms with Crippen LogP contribution in [-0.4, -0.2) is 23.8 Å². The van der Waals surface area contributed by atoms with E-state index < -0.39 is 0 Å². The zero-order valence-electron chi connectivity index (χ0n) is 12.7. The van der Waals surface area contributed by atoms with E-state index in [-0.39, 0.29) is 30.4 Å². The quantitative estimate of drug-likeness (QED) is 0.820. The topological polar surface area (TPSA) is 50.9 Å². The van der Waals surface area contributed by atoms with Crippen molar-refractivity contribution in [3.63, 3.8) is 0 Å². The Balaban J connectivity index is 1.47. The number of amides is 1. The minimum atomic E-state index is -0.375. The Labute approximate surface area is 130 Å². The average Bonchev–Trinajstić information content (AvgIpc) is 3.27. The minimum absolute atomic E-state index is 0.0458. The molecule has 22 heavy (non-hydrogen) atoms. The van der Waals surface area contributed by atoms with E-state index in [0.717, 1.165) is 18.4 Å². The largest absolute Gasteiger partial charge is 0.445 e. The minimum Gasteiger partial charge on any atom is -0.445 e. The standard InChI is InChI=1S/C18H21NO3/c1-2-15(12-18-11-7-6-10-16(18)22-18)19-17(20)21-13-14-8-4-3-5-9-14/h3-11,15-16H,2,12-13H2,1H3,(H,19,20)/t15-,16-,18+/m0/s1. The summed E-state index contributed by atoms with van der Waals surface area (Å²) >= 11 is 0. The second-order valence-electron chi connectivity index (χ2n) is 5.75. The number of nitrogens with one attached hydrogen (secondary N) is 1. The van der Waals surface area contributed by atoms with E-state index >= 15 is 0 Å². The summed E-state index contributed by atoms with van der Waals surface area (Å²) in [6.07, 6.45) is 9.54. The maximum Gasteiger partial charge on any atom is 0.407 e. The van der Waals surface area contributed by atoms with Gasteiger partial charge in [-0.25, -0.2) is 4.79 Å². The second kappa shape index (κ2) is 6.36. The van der Waals surface area contributed by atoms with E-state index in [1.807, 2.05) is 42.5 Å². The lowest BCUT2D eigenvalue weighted by molar-refractivity contribution is 0.133. The van der Waals surface area contributed by atoms with Crippen molar-refractivity contribution in [2.45, 2.75) is 44.1 Å². The van der Waals surface area contributed by atoms with Gasteiger partial charge in [-0.3, -0.25) is 0 Å². The lowest BCUT2D eigenvalue weighted by Gasteiger charge is -2.20. The van der Waals surface area contributed by atoms with E-state index in [2.05, 4.69) is 24.4 Å². The van der Waals surface area contributed by atoms with Gasteiger partial charge in [-0.1, -0.05) is 55.5 Å². The summed E-state index contributed by atoms with van der Waals surface area (Å²) in [6, 6.07) is 9.71. The van der Waals surface area contributed by atoms with Crippen LogP contribution in [0.1, 0.15) is 25.3 Å². The number of epoxide rings is 1. The fraction of sp³-hybridized carbons (Fsp3) is 0.389. The van der Waals surface area contributed by atoms with Crippen LogP contribution in [0.25, 0.3) is 0 Å². The van der Waals surface area contributed by atoms with E-state index in [0.29, 0.717) is 0 Å². The molecule has 1 aliphatic heterocycles. The maximum absolute atomic E-state index is 11.9. The molecule has 1 amide bonds. The third-order valence-corrected chi connectivity index (χ3v) is 4.14. The number of hydrogen-bond acceptors (Lipinski definition) is 3. The van der Waals surface area contributed by atoms with Gasteiger partial charge in [0.05, 0.1) is 0 Å². The molecule has 1 heterocycles. The molecule has 1 saturated heterocycles. The number of carbonyl (C=O) groups excluding carboxylic acids is 1. The van der Waals surface area contributed by atoms with Gasteiger partial charge >= 0.3 is 6.09 Å². The van der Waals surface area contributed by atoms with E-state index in [1.54, 1.807) is 0 Å². The Morgan fingerprint density at radius 3 is 2.91 bits per heavy atom. The van der Waals surface area contributed by atoms with Gasteiger partial charge in [0, 0.05) is 12.5 Å². The van der Waals surface area contributed by atoms with Gasteiger partial charge in [0.1, 0.15) is 18.3 Å². The first-order chi connectivity index (χ1) is 10.7. The van der Waals surface area contributed by atoms with Crippen molar-refractivity contribution in [1.82, 2.24) is 5.32 Å². The Hall–Kier alpha value is -2.07. The Morgan fingerprint density at radius 2 is 2.18 bits per heavy atom. The predicted octanol–water partition coefficient (Wildman–Crippen LogP) is 3.35. The average molecular weight is 299 g/mol. The van der Waals surface area contributed by atoms with Crippen LogP contribution in [0.2, 0.25) is 0 Å². The zero-order valence-corrected chi connectivity index (χ0v) is 12.7. The lowest BCUT2D eigenvalue weighted by atomic mass is 9.92. The smallest absolute Gasteiger partial charge is 0.407 e. The third kappa shape index (κ3) is 3.39. The number of allylic oxidation sites excluding steroid dienone is 2. The molecule has 4 nitrogen and oxygen atoms in total. The Morgan fingerprint density at radius 1 is 1.36 bits per heavy atom. The summed E-state index contributed by atoms with van der Waals surface area (Å²) in [5.74, 6) is 0. The second-order valence-corrected chi connectivity index (χ2v) is 5.75. The first-order valence-corrected chi connectivity index (χ1v) is 7.73. The maximum atomic E-state index is 11.9.